The van der Waals surface area contributed by atoms with Gasteiger partial charge in [0.2, 0.25) is 0 Å². The zero-order valence-electron chi connectivity index (χ0n) is 21.2. The Morgan fingerprint density at radius 1 is 1.03 bits per heavy atom. The van der Waals surface area contributed by atoms with E-state index < -0.39 is 23.4 Å². The number of carbonyl (C=O) groups excluding carboxylic acids is 3. The zero-order chi connectivity index (χ0) is 26.5. The summed E-state index contributed by atoms with van der Waals surface area (Å²) in [6.45, 7) is 6.47. The van der Waals surface area contributed by atoms with Gasteiger partial charge >= 0.3 is 18.0 Å². The molecule has 1 N–H and O–H groups in total. The van der Waals surface area contributed by atoms with Crippen LogP contribution < -0.4 is 10.2 Å². The molecule has 0 bridgehead atoms. The van der Waals surface area contributed by atoms with Crippen molar-refractivity contribution in [3.8, 4) is 0 Å². The molecule has 1 aromatic rings. The summed E-state index contributed by atoms with van der Waals surface area (Å²) in [5.74, 6) is -2.04. The summed E-state index contributed by atoms with van der Waals surface area (Å²) in [6.07, 6.45) is 7.10. The predicted molar refractivity (Wildman–Crippen MR) is 133 cm³/mol. The van der Waals surface area contributed by atoms with E-state index in [0.717, 1.165) is 0 Å². The minimum Gasteiger partial charge on any atom is -0.465 e. The molecule has 1 amide bonds. The summed E-state index contributed by atoms with van der Waals surface area (Å²) < 4.78 is 29.6. The van der Waals surface area contributed by atoms with E-state index in [-0.39, 0.29) is 23.4 Å². The van der Waals surface area contributed by atoms with E-state index in [2.05, 4.69) is 5.32 Å². The number of piperidine rings is 1. The number of ether oxygens (including phenoxy) is 3. The van der Waals surface area contributed by atoms with Crippen molar-refractivity contribution in [3.63, 3.8) is 0 Å². The summed E-state index contributed by atoms with van der Waals surface area (Å²) in [6, 6.07) is 4.13. The Morgan fingerprint density at radius 2 is 1.69 bits per heavy atom. The molecule has 0 atom stereocenters. The molecule has 1 saturated heterocycles. The molecule has 0 aliphatic carbocycles. The van der Waals surface area contributed by atoms with Crippen molar-refractivity contribution in [2.24, 2.45) is 0 Å². The van der Waals surface area contributed by atoms with Gasteiger partial charge in [0.1, 0.15) is 17.1 Å². The zero-order valence-corrected chi connectivity index (χ0v) is 21.2. The number of esters is 2. The first-order valence-electron chi connectivity index (χ1n) is 11.6. The number of halogens is 1. The predicted octanol–water partition coefficient (Wildman–Crippen LogP) is 4.13. The van der Waals surface area contributed by atoms with Crippen LogP contribution >= 0.6 is 0 Å². The van der Waals surface area contributed by atoms with E-state index in [1.165, 1.54) is 37.3 Å². The molecule has 0 aromatic heterocycles. The van der Waals surface area contributed by atoms with Crippen LogP contribution in [-0.4, -0.2) is 61.9 Å². The maximum Gasteiger partial charge on any atom is 0.410 e. The molecule has 0 unspecified atom stereocenters. The highest BCUT2D eigenvalue weighted by Crippen LogP contribution is 2.34. The van der Waals surface area contributed by atoms with Crippen LogP contribution in [0.3, 0.4) is 0 Å². The van der Waals surface area contributed by atoms with Gasteiger partial charge in [-0.15, -0.1) is 0 Å². The standard InChI is InChI=1S/C26H32FN3O6/c1-26(2,3)36-25(33)29-14-11-18(12-15-29)28-20-10-9-17(27)16-21(20)30-13-7-6-8-19(23(31)34-4)22(30)24(32)35-5/h6-10,13,16,18,28H,11-12,14-15H2,1-5H3. The van der Waals surface area contributed by atoms with Crippen LogP contribution in [0.1, 0.15) is 33.6 Å². The Bertz CT molecular complexity index is 1100. The van der Waals surface area contributed by atoms with E-state index in [1.807, 2.05) is 20.8 Å². The highest BCUT2D eigenvalue weighted by molar-refractivity contribution is 6.06. The molecule has 1 fully saturated rings. The molecule has 3 rings (SSSR count). The SMILES string of the molecule is COC(=O)C1=C(C(=O)OC)N(c2cc(F)ccc2NC2CCN(C(=O)OC(C)(C)C)CC2)C=CC=C1. The van der Waals surface area contributed by atoms with Crippen LogP contribution in [0.4, 0.5) is 20.6 Å². The highest BCUT2D eigenvalue weighted by atomic mass is 19.1. The van der Waals surface area contributed by atoms with Crippen molar-refractivity contribution in [2.75, 3.05) is 37.5 Å². The molecule has 0 saturated carbocycles. The van der Waals surface area contributed by atoms with E-state index in [0.29, 0.717) is 37.3 Å². The maximum absolute atomic E-state index is 14.4. The Kier molecular flexibility index (Phi) is 8.39. The molecule has 9 nitrogen and oxygen atoms in total. The van der Waals surface area contributed by atoms with Gasteiger partial charge in [-0.05, 0) is 64.0 Å². The number of carbonyl (C=O) groups is 3. The molecular weight excluding hydrogens is 469 g/mol. The van der Waals surface area contributed by atoms with Crippen LogP contribution in [0.25, 0.3) is 0 Å². The molecule has 0 spiro atoms. The molecule has 10 heteroatoms. The summed E-state index contributed by atoms with van der Waals surface area (Å²) >= 11 is 0. The van der Waals surface area contributed by atoms with Crippen LogP contribution in [0.2, 0.25) is 0 Å². The quantitative estimate of drug-likeness (QED) is 0.475. The van der Waals surface area contributed by atoms with Gasteiger partial charge in [0, 0.05) is 25.3 Å². The second-order valence-electron chi connectivity index (χ2n) is 9.36. The second kappa shape index (κ2) is 11.3. The van der Waals surface area contributed by atoms with Crippen molar-refractivity contribution < 1.29 is 33.0 Å². The molecule has 2 heterocycles. The van der Waals surface area contributed by atoms with Gasteiger partial charge in [0.25, 0.3) is 0 Å². The number of allylic oxidation sites excluding steroid dienone is 2. The van der Waals surface area contributed by atoms with Crippen molar-refractivity contribution in [2.45, 2.75) is 45.3 Å². The largest absolute Gasteiger partial charge is 0.465 e. The third-order valence-electron chi connectivity index (χ3n) is 5.61. The lowest BCUT2D eigenvalue weighted by Crippen LogP contribution is -2.44. The van der Waals surface area contributed by atoms with Gasteiger partial charge in [-0.25, -0.2) is 18.8 Å². The fraction of sp³-hybridized carbons (Fsp3) is 0.423. The minimum absolute atomic E-state index is 0.0207. The first kappa shape index (κ1) is 26.8. The molecule has 36 heavy (non-hydrogen) atoms. The van der Waals surface area contributed by atoms with Crippen molar-refractivity contribution in [1.82, 2.24) is 4.90 Å². The summed E-state index contributed by atoms with van der Waals surface area (Å²) in [4.78, 5) is 40.7. The van der Waals surface area contributed by atoms with Crippen LogP contribution in [0.5, 0.6) is 0 Å². The number of nitrogens with one attached hydrogen (secondary N) is 1. The topological polar surface area (TPSA) is 97.4 Å². The third-order valence-corrected chi connectivity index (χ3v) is 5.61. The van der Waals surface area contributed by atoms with Crippen molar-refractivity contribution >= 4 is 29.4 Å². The fourth-order valence-corrected chi connectivity index (χ4v) is 3.93. The van der Waals surface area contributed by atoms with E-state index in [4.69, 9.17) is 14.2 Å². The van der Waals surface area contributed by atoms with E-state index >= 15 is 0 Å². The second-order valence-corrected chi connectivity index (χ2v) is 9.36. The molecule has 0 radical (unpaired) electrons. The van der Waals surface area contributed by atoms with Gasteiger partial charge in [0.15, 0.2) is 0 Å². The average molecular weight is 502 g/mol. The van der Waals surface area contributed by atoms with Crippen LogP contribution in [-0.2, 0) is 23.8 Å². The number of anilines is 2. The Labute approximate surface area is 210 Å². The van der Waals surface area contributed by atoms with Crippen molar-refractivity contribution in [3.05, 3.63) is 59.7 Å². The summed E-state index contributed by atoms with van der Waals surface area (Å²) in [7, 11) is 2.41. The van der Waals surface area contributed by atoms with Crippen LogP contribution in [0, 0.1) is 5.82 Å². The van der Waals surface area contributed by atoms with Gasteiger partial charge in [-0.3, -0.25) is 0 Å². The Morgan fingerprint density at radius 3 is 2.31 bits per heavy atom. The summed E-state index contributed by atoms with van der Waals surface area (Å²) in [5.41, 5.74) is 0.145. The number of hydrogen-bond acceptors (Lipinski definition) is 8. The fourth-order valence-electron chi connectivity index (χ4n) is 3.93. The molecule has 194 valence electrons. The van der Waals surface area contributed by atoms with Gasteiger partial charge < -0.3 is 29.3 Å². The molecular formula is C26H32FN3O6. The normalized spacial score (nSPS) is 16.5. The first-order valence-corrected chi connectivity index (χ1v) is 11.6. The highest BCUT2D eigenvalue weighted by Gasteiger charge is 2.31. The molecule has 2 aliphatic heterocycles. The van der Waals surface area contributed by atoms with Gasteiger partial charge in [0.05, 0.1) is 31.2 Å². The Balaban J connectivity index is 1.88. The van der Waals surface area contributed by atoms with Crippen molar-refractivity contribution in [1.29, 1.82) is 0 Å². The Hall–Kier alpha value is -3.82. The number of nitrogens with zero attached hydrogens (tertiary/aromatic N) is 2. The lowest BCUT2D eigenvalue weighted by atomic mass is 10.0. The number of rotatable bonds is 5. The van der Waals surface area contributed by atoms with Gasteiger partial charge in [-0.1, -0.05) is 6.08 Å². The third kappa shape index (κ3) is 6.44. The van der Waals surface area contributed by atoms with E-state index in [9.17, 15) is 18.8 Å². The molecule has 2 aliphatic rings. The molecule has 1 aromatic carbocycles. The smallest absolute Gasteiger partial charge is 0.410 e. The number of methoxy groups -OCH3 is 2. The number of likely N-dealkylation sites (tertiary alicyclic amines) is 1. The lowest BCUT2D eigenvalue weighted by Gasteiger charge is -2.35. The average Bonchev–Trinajstić information content (AvgIpc) is 3.06. The number of benzene rings is 1. The van der Waals surface area contributed by atoms with Crippen LogP contribution in [0.15, 0.2) is 53.9 Å². The minimum atomic E-state index is -0.785. The van der Waals surface area contributed by atoms with E-state index in [1.54, 1.807) is 29.3 Å². The number of amides is 1. The summed E-state index contributed by atoms with van der Waals surface area (Å²) in [5, 5.41) is 3.41. The van der Waals surface area contributed by atoms with Gasteiger partial charge in [-0.2, -0.15) is 0 Å². The first-order chi connectivity index (χ1) is 17.0. The monoisotopic (exact) mass is 501 g/mol. The number of hydrogen-bond donors (Lipinski definition) is 1. The maximum atomic E-state index is 14.4. The lowest BCUT2D eigenvalue weighted by molar-refractivity contribution is -0.139.